The van der Waals surface area contributed by atoms with Gasteiger partial charge in [0.15, 0.2) is 0 Å². The van der Waals surface area contributed by atoms with Crippen LogP contribution in [0.15, 0.2) is 48.5 Å². The van der Waals surface area contributed by atoms with Crippen LogP contribution < -0.4 is 21.8 Å². The highest BCUT2D eigenvalue weighted by Gasteiger charge is 2.55. The van der Waals surface area contributed by atoms with Crippen molar-refractivity contribution in [3.05, 3.63) is 48.5 Å². The molecule has 0 aromatic heterocycles. The van der Waals surface area contributed by atoms with Crippen LogP contribution in [-0.4, -0.2) is 46.0 Å². The summed E-state index contributed by atoms with van der Waals surface area (Å²) in [5, 5.41) is 1.52. The lowest BCUT2D eigenvalue weighted by Crippen LogP contribution is -2.68. The van der Waals surface area contributed by atoms with Crippen molar-refractivity contribution in [1.82, 2.24) is 0 Å². The molecule has 0 spiro atoms. The Labute approximate surface area is 150 Å². The molecule has 25 heavy (non-hydrogen) atoms. The highest BCUT2D eigenvalue weighted by molar-refractivity contribution is 6.88. The van der Waals surface area contributed by atoms with E-state index in [1.807, 2.05) is 24.3 Å². The van der Waals surface area contributed by atoms with Gasteiger partial charge in [-0.2, -0.15) is 0 Å². The van der Waals surface area contributed by atoms with Crippen LogP contribution >= 0.6 is 0 Å². The van der Waals surface area contributed by atoms with Gasteiger partial charge in [-0.05, 0) is 24.3 Å². The van der Waals surface area contributed by atoms with E-state index in [1.54, 1.807) is 52.7 Å². The molecule has 0 aliphatic heterocycles. The molecule has 2 aromatic rings. The summed E-state index contributed by atoms with van der Waals surface area (Å²) in [6.45, 7) is 0. The summed E-state index contributed by atoms with van der Waals surface area (Å²) in [7, 11) is -0.418. The molecule has 0 heterocycles. The van der Waals surface area contributed by atoms with Gasteiger partial charge in [-0.25, -0.2) is 0 Å². The maximum Gasteiger partial charge on any atom is 0.529 e. The lowest BCUT2D eigenvalue weighted by Gasteiger charge is -2.35. The fraction of sp³-hybridized carbons (Fsp3) is 0.250. The molecule has 2 rings (SSSR count). The van der Waals surface area contributed by atoms with E-state index >= 15 is 0 Å². The maximum absolute atomic E-state index is 6.38. The van der Waals surface area contributed by atoms with E-state index in [9.17, 15) is 0 Å². The minimum atomic E-state index is -3.29. The Morgan fingerprint density at radius 2 is 0.840 bits per heavy atom. The van der Waals surface area contributed by atoms with Gasteiger partial charge < -0.3 is 33.3 Å². The molecular weight excluding hydrogens is 356 g/mol. The lowest BCUT2D eigenvalue weighted by atomic mass is 10.3. The summed E-state index contributed by atoms with van der Waals surface area (Å²) in [5.74, 6) is 0. The third kappa shape index (κ3) is 3.93. The van der Waals surface area contributed by atoms with Gasteiger partial charge in [-0.3, -0.25) is 0 Å². The van der Waals surface area contributed by atoms with Gasteiger partial charge in [-0.1, -0.05) is 24.3 Å². The number of anilines is 2. The summed E-state index contributed by atoms with van der Waals surface area (Å²) in [4.78, 5) is 0. The first-order valence-corrected chi connectivity index (χ1v) is 11.0. The number of nitrogen functional groups attached to an aromatic ring is 2. The van der Waals surface area contributed by atoms with Crippen LogP contribution in [0.2, 0.25) is 0 Å². The van der Waals surface area contributed by atoms with Crippen molar-refractivity contribution in [3.63, 3.8) is 0 Å². The van der Waals surface area contributed by atoms with Crippen molar-refractivity contribution in [2.45, 2.75) is 0 Å². The van der Waals surface area contributed by atoms with Gasteiger partial charge in [0.05, 0.1) is 0 Å². The highest BCUT2D eigenvalue weighted by Crippen LogP contribution is 2.19. The average molecular weight is 381 g/mol. The standard InChI is InChI=1S/C16H24N2O5Si2/c1-19-24(20-2,15-9-5-13(17)6-10-15)23-25(21-3,22-4)16-11-7-14(18)8-12-16/h5-12H,17-18H2,1-4H3. The summed E-state index contributed by atoms with van der Waals surface area (Å²) >= 11 is 0. The summed E-state index contributed by atoms with van der Waals surface area (Å²) in [5.41, 5.74) is 12.8. The smallest absolute Gasteiger partial charge is 0.399 e. The Bertz CT molecular complexity index is 614. The topological polar surface area (TPSA) is 98.2 Å². The van der Waals surface area contributed by atoms with Gasteiger partial charge in [0.25, 0.3) is 0 Å². The summed E-state index contributed by atoms with van der Waals surface area (Å²) < 4.78 is 29.3. The van der Waals surface area contributed by atoms with Crippen LogP contribution in [0, 0.1) is 0 Å². The first kappa shape index (κ1) is 19.6. The fourth-order valence-electron chi connectivity index (χ4n) is 2.47. The van der Waals surface area contributed by atoms with E-state index in [1.165, 1.54) is 0 Å². The summed E-state index contributed by atoms with van der Waals surface area (Å²) in [6.07, 6.45) is 0. The molecule has 0 fully saturated rings. The molecule has 0 aliphatic rings. The molecule has 9 heteroatoms. The van der Waals surface area contributed by atoms with Crippen molar-refractivity contribution in [1.29, 1.82) is 0 Å². The quantitative estimate of drug-likeness (QED) is 0.507. The largest absolute Gasteiger partial charge is 0.529 e. The predicted octanol–water partition coefficient (Wildman–Crippen LogP) is 0.445. The van der Waals surface area contributed by atoms with Crippen molar-refractivity contribution in [2.75, 3.05) is 39.9 Å². The predicted molar refractivity (Wildman–Crippen MR) is 102 cm³/mol. The van der Waals surface area contributed by atoms with Gasteiger partial charge in [0, 0.05) is 50.2 Å². The van der Waals surface area contributed by atoms with E-state index in [0.29, 0.717) is 11.4 Å². The van der Waals surface area contributed by atoms with Gasteiger partial charge in [-0.15, -0.1) is 0 Å². The SMILES string of the molecule is CO[Si](OC)(O[Si](OC)(OC)c1ccc(N)cc1)c1ccc(N)cc1. The Morgan fingerprint density at radius 1 is 0.560 bits per heavy atom. The van der Waals surface area contributed by atoms with E-state index in [2.05, 4.69) is 0 Å². The number of rotatable bonds is 8. The Balaban J connectivity index is 2.49. The first-order chi connectivity index (χ1) is 11.9. The molecule has 0 atom stereocenters. The minimum Gasteiger partial charge on any atom is -0.399 e. The third-order valence-electron chi connectivity index (χ3n) is 3.87. The van der Waals surface area contributed by atoms with Gasteiger partial charge in [0.1, 0.15) is 0 Å². The molecule has 0 unspecified atom stereocenters. The second kappa shape index (κ2) is 8.10. The number of nitrogens with two attached hydrogens (primary N) is 2. The zero-order chi connectivity index (χ0) is 18.5. The molecule has 136 valence electrons. The van der Waals surface area contributed by atoms with Crippen LogP contribution in [-0.2, 0) is 21.8 Å². The lowest BCUT2D eigenvalue weighted by molar-refractivity contribution is 0.107. The van der Waals surface area contributed by atoms with E-state index in [0.717, 1.165) is 10.4 Å². The maximum atomic E-state index is 6.38. The molecule has 0 amide bonds. The van der Waals surface area contributed by atoms with E-state index in [-0.39, 0.29) is 0 Å². The van der Waals surface area contributed by atoms with Crippen LogP contribution in [0.4, 0.5) is 11.4 Å². The monoisotopic (exact) mass is 380 g/mol. The van der Waals surface area contributed by atoms with Gasteiger partial charge >= 0.3 is 17.6 Å². The zero-order valence-electron chi connectivity index (χ0n) is 14.8. The van der Waals surface area contributed by atoms with E-state index in [4.69, 9.17) is 33.3 Å². The summed E-state index contributed by atoms with van der Waals surface area (Å²) in [6, 6.07) is 14.4. The van der Waals surface area contributed by atoms with E-state index < -0.39 is 17.6 Å². The molecule has 7 nitrogen and oxygen atoms in total. The molecular formula is C16H24N2O5Si2. The van der Waals surface area contributed by atoms with Crippen LogP contribution in [0.5, 0.6) is 0 Å². The van der Waals surface area contributed by atoms with Crippen molar-refractivity contribution >= 4 is 39.4 Å². The third-order valence-corrected chi connectivity index (χ3v) is 10.3. The minimum absolute atomic E-state index is 0.638. The second-order valence-electron chi connectivity index (χ2n) is 5.27. The number of benzene rings is 2. The van der Waals surface area contributed by atoms with Crippen LogP contribution in [0.25, 0.3) is 0 Å². The Kier molecular flexibility index (Phi) is 6.35. The van der Waals surface area contributed by atoms with Crippen LogP contribution in [0.3, 0.4) is 0 Å². The number of hydrogen-bond acceptors (Lipinski definition) is 7. The fourth-order valence-corrected chi connectivity index (χ4v) is 8.59. The second-order valence-corrected chi connectivity index (χ2v) is 11.1. The first-order valence-electron chi connectivity index (χ1n) is 7.58. The molecule has 0 saturated carbocycles. The molecule has 0 bridgehead atoms. The van der Waals surface area contributed by atoms with Gasteiger partial charge in [0.2, 0.25) is 0 Å². The molecule has 4 N–H and O–H groups in total. The zero-order valence-corrected chi connectivity index (χ0v) is 16.8. The number of hydrogen-bond donors (Lipinski definition) is 2. The van der Waals surface area contributed by atoms with Crippen molar-refractivity contribution in [2.24, 2.45) is 0 Å². The van der Waals surface area contributed by atoms with Crippen molar-refractivity contribution < 1.29 is 21.8 Å². The molecule has 2 aromatic carbocycles. The average Bonchev–Trinajstić information content (AvgIpc) is 2.65. The Hall–Kier alpha value is -1.73. The van der Waals surface area contributed by atoms with Crippen LogP contribution in [0.1, 0.15) is 0 Å². The molecule has 0 radical (unpaired) electrons. The Morgan fingerprint density at radius 3 is 1.08 bits per heavy atom. The normalized spacial score (nSPS) is 12.3. The molecule has 0 saturated heterocycles. The molecule has 0 aliphatic carbocycles. The highest BCUT2D eigenvalue weighted by atomic mass is 28.5. The van der Waals surface area contributed by atoms with Crippen molar-refractivity contribution in [3.8, 4) is 0 Å².